The normalized spacial score (nSPS) is 13.2. The number of hydrogen-bond acceptors (Lipinski definition) is 4. The first-order valence-electron chi connectivity index (χ1n) is 6.69. The largest absolute Gasteiger partial charge is 0.458 e. The summed E-state index contributed by atoms with van der Waals surface area (Å²) in [4.78, 5) is 25.0. The number of ether oxygens (including phenoxy) is 1. The van der Waals surface area contributed by atoms with Gasteiger partial charge in [-0.25, -0.2) is 4.79 Å². The number of esters is 1. The van der Waals surface area contributed by atoms with Crippen LogP contribution in [0.5, 0.6) is 0 Å². The highest BCUT2D eigenvalue weighted by molar-refractivity contribution is 7.12. The Morgan fingerprint density at radius 2 is 1.90 bits per heavy atom. The molecule has 1 amide bonds. The van der Waals surface area contributed by atoms with Crippen molar-refractivity contribution in [2.24, 2.45) is 5.92 Å². The van der Waals surface area contributed by atoms with E-state index in [1.807, 2.05) is 53.0 Å². The Hall–Kier alpha value is -1.36. The molecule has 20 heavy (non-hydrogen) atoms. The quantitative estimate of drug-likeness (QED) is 0.869. The number of amides is 1. The topological polar surface area (TPSA) is 55.4 Å². The van der Waals surface area contributed by atoms with Crippen molar-refractivity contribution in [3.63, 3.8) is 0 Å². The molecule has 0 spiro atoms. The average molecular weight is 297 g/mol. The summed E-state index contributed by atoms with van der Waals surface area (Å²) in [6.07, 6.45) is 0. The lowest BCUT2D eigenvalue weighted by molar-refractivity contribution is -0.158. The van der Waals surface area contributed by atoms with Crippen LogP contribution in [0.1, 0.15) is 49.9 Å². The minimum absolute atomic E-state index is 0.0333. The van der Waals surface area contributed by atoms with Gasteiger partial charge < -0.3 is 10.1 Å². The maximum absolute atomic E-state index is 12.2. The molecule has 4 nitrogen and oxygen atoms in total. The van der Waals surface area contributed by atoms with E-state index in [1.165, 1.54) is 11.3 Å². The molecule has 0 unspecified atom stereocenters. The fourth-order valence-electron chi connectivity index (χ4n) is 1.68. The zero-order chi connectivity index (χ0) is 15.5. The van der Waals surface area contributed by atoms with Crippen molar-refractivity contribution < 1.29 is 14.3 Å². The van der Waals surface area contributed by atoms with Crippen molar-refractivity contribution in [2.45, 2.75) is 53.2 Å². The minimum atomic E-state index is -0.636. The molecule has 1 aromatic rings. The third-order valence-corrected chi connectivity index (χ3v) is 3.70. The van der Waals surface area contributed by atoms with E-state index in [0.29, 0.717) is 4.88 Å². The standard InChI is InChI=1S/C15H23NO3S/c1-9(2)11(14(18)19-15(4,5)6)16-13(17)12-10(3)7-8-20-12/h7-9,11H,1-6H3,(H,16,17)/t11-/m0/s1. The highest BCUT2D eigenvalue weighted by atomic mass is 32.1. The van der Waals surface area contributed by atoms with Crippen LogP contribution in [0.3, 0.4) is 0 Å². The van der Waals surface area contributed by atoms with E-state index in [-0.39, 0.29) is 11.8 Å². The van der Waals surface area contributed by atoms with Gasteiger partial charge in [-0.2, -0.15) is 0 Å². The molecule has 0 aromatic carbocycles. The SMILES string of the molecule is Cc1ccsc1C(=O)N[C@H](C(=O)OC(C)(C)C)C(C)C. The minimum Gasteiger partial charge on any atom is -0.458 e. The summed E-state index contributed by atoms with van der Waals surface area (Å²) in [5.41, 5.74) is 0.354. The first kappa shape index (κ1) is 16.7. The Balaban J connectivity index is 2.81. The van der Waals surface area contributed by atoms with Crippen LogP contribution in [0.15, 0.2) is 11.4 Å². The molecule has 0 saturated heterocycles. The Labute approximate surface area is 124 Å². The monoisotopic (exact) mass is 297 g/mol. The van der Waals surface area contributed by atoms with E-state index in [1.54, 1.807) is 0 Å². The summed E-state index contributed by atoms with van der Waals surface area (Å²) in [5, 5.41) is 4.64. The third kappa shape index (κ3) is 4.63. The second-order valence-corrected chi connectivity index (χ2v) is 7.08. The summed E-state index contributed by atoms with van der Waals surface area (Å²) in [5.74, 6) is -0.647. The highest BCUT2D eigenvalue weighted by Crippen LogP contribution is 2.17. The molecule has 0 aliphatic carbocycles. The smallest absolute Gasteiger partial charge is 0.329 e. The Bertz CT molecular complexity index is 486. The molecular weight excluding hydrogens is 274 g/mol. The summed E-state index contributed by atoms with van der Waals surface area (Å²) < 4.78 is 5.36. The van der Waals surface area contributed by atoms with Gasteiger partial charge in [-0.1, -0.05) is 13.8 Å². The van der Waals surface area contributed by atoms with Gasteiger partial charge in [0, 0.05) is 0 Å². The molecule has 1 atom stereocenters. The van der Waals surface area contributed by atoms with Crippen LogP contribution < -0.4 is 5.32 Å². The first-order chi connectivity index (χ1) is 9.11. The van der Waals surface area contributed by atoms with Gasteiger partial charge in [0.2, 0.25) is 0 Å². The van der Waals surface area contributed by atoms with E-state index in [2.05, 4.69) is 5.32 Å². The van der Waals surface area contributed by atoms with Gasteiger partial charge in [-0.3, -0.25) is 4.79 Å². The Morgan fingerprint density at radius 1 is 1.30 bits per heavy atom. The number of hydrogen-bond donors (Lipinski definition) is 1. The van der Waals surface area contributed by atoms with Gasteiger partial charge in [0.1, 0.15) is 11.6 Å². The molecule has 0 aliphatic heterocycles. The summed E-state index contributed by atoms with van der Waals surface area (Å²) in [6, 6.07) is 1.25. The second-order valence-electron chi connectivity index (χ2n) is 6.16. The fraction of sp³-hybridized carbons (Fsp3) is 0.600. The molecular formula is C15H23NO3S. The molecule has 5 heteroatoms. The van der Waals surface area contributed by atoms with Crippen molar-refractivity contribution in [1.82, 2.24) is 5.32 Å². The van der Waals surface area contributed by atoms with Crippen LogP contribution in [0, 0.1) is 12.8 Å². The van der Waals surface area contributed by atoms with Gasteiger partial charge in [0.15, 0.2) is 0 Å². The van der Waals surface area contributed by atoms with Crippen molar-refractivity contribution in [3.05, 3.63) is 21.9 Å². The van der Waals surface area contributed by atoms with E-state index in [0.717, 1.165) is 5.56 Å². The number of aryl methyl sites for hydroxylation is 1. The average Bonchev–Trinajstić information content (AvgIpc) is 2.69. The van der Waals surface area contributed by atoms with Crippen LogP contribution >= 0.6 is 11.3 Å². The molecule has 0 bridgehead atoms. The van der Waals surface area contributed by atoms with Crippen LogP contribution in [0.2, 0.25) is 0 Å². The van der Waals surface area contributed by atoms with Crippen LogP contribution in [0.25, 0.3) is 0 Å². The first-order valence-corrected chi connectivity index (χ1v) is 7.57. The maximum atomic E-state index is 12.2. The Morgan fingerprint density at radius 3 is 2.30 bits per heavy atom. The molecule has 0 radical (unpaired) electrons. The maximum Gasteiger partial charge on any atom is 0.329 e. The van der Waals surface area contributed by atoms with Crippen molar-refractivity contribution in [1.29, 1.82) is 0 Å². The zero-order valence-electron chi connectivity index (χ0n) is 12.9. The van der Waals surface area contributed by atoms with E-state index < -0.39 is 17.6 Å². The van der Waals surface area contributed by atoms with Crippen molar-refractivity contribution in [3.8, 4) is 0 Å². The lowest BCUT2D eigenvalue weighted by atomic mass is 10.0. The third-order valence-electron chi connectivity index (χ3n) is 2.68. The lowest BCUT2D eigenvalue weighted by Crippen LogP contribution is -2.47. The second kappa shape index (κ2) is 6.39. The van der Waals surface area contributed by atoms with E-state index in [4.69, 9.17) is 4.74 Å². The van der Waals surface area contributed by atoms with Gasteiger partial charge in [-0.15, -0.1) is 11.3 Å². The molecule has 0 fully saturated rings. The van der Waals surface area contributed by atoms with E-state index in [9.17, 15) is 9.59 Å². The fourth-order valence-corrected chi connectivity index (χ4v) is 2.50. The van der Waals surface area contributed by atoms with Gasteiger partial charge in [-0.05, 0) is 50.6 Å². The van der Waals surface area contributed by atoms with Gasteiger partial charge in [0.25, 0.3) is 5.91 Å². The van der Waals surface area contributed by atoms with Crippen molar-refractivity contribution in [2.75, 3.05) is 0 Å². The van der Waals surface area contributed by atoms with Crippen LogP contribution in [-0.4, -0.2) is 23.5 Å². The molecule has 1 rings (SSSR count). The predicted octanol–water partition coefficient (Wildman–Crippen LogP) is 3.15. The van der Waals surface area contributed by atoms with Crippen molar-refractivity contribution >= 4 is 23.2 Å². The number of thiophene rings is 1. The number of carbonyl (C=O) groups excluding carboxylic acids is 2. The predicted molar refractivity (Wildman–Crippen MR) is 81.0 cm³/mol. The number of carbonyl (C=O) groups is 2. The molecule has 0 aliphatic rings. The number of rotatable bonds is 4. The lowest BCUT2D eigenvalue weighted by Gasteiger charge is -2.26. The van der Waals surface area contributed by atoms with Gasteiger partial charge >= 0.3 is 5.97 Å². The van der Waals surface area contributed by atoms with E-state index >= 15 is 0 Å². The Kier molecular flexibility index (Phi) is 5.34. The highest BCUT2D eigenvalue weighted by Gasteiger charge is 2.29. The summed E-state index contributed by atoms with van der Waals surface area (Å²) in [6.45, 7) is 11.1. The number of nitrogens with one attached hydrogen (secondary N) is 1. The molecule has 1 N–H and O–H groups in total. The summed E-state index contributed by atoms with van der Waals surface area (Å²) in [7, 11) is 0. The van der Waals surface area contributed by atoms with Crippen LogP contribution in [-0.2, 0) is 9.53 Å². The summed E-state index contributed by atoms with van der Waals surface area (Å²) >= 11 is 1.37. The molecule has 1 heterocycles. The van der Waals surface area contributed by atoms with Gasteiger partial charge in [0.05, 0.1) is 4.88 Å². The zero-order valence-corrected chi connectivity index (χ0v) is 13.8. The molecule has 1 aromatic heterocycles. The molecule has 0 saturated carbocycles. The van der Waals surface area contributed by atoms with Crippen LogP contribution in [0.4, 0.5) is 0 Å². The molecule has 112 valence electrons.